The van der Waals surface area contributed by atoms with Crippen LogP contribution in [0.4, 0.5) is 11.4 Å². The molecule has 344 valence electrons. The van der Waals surface area contributed by atoms with E-state index in [9.17, 15) is 33.6 Å². The number of esters is 1. The highest BCUT2D eigenvalue weighted by Gasteiger charge is 2.39. The van der Waals surface area contributed by atoms with Crippen molar-refractivity contribution in [2.45, 2.75) is 95.4 Å². The number of methoxy groups -OCH3 is 5. The van der Waals surface area contributed by atoms with Crippen LogP contribution in [0.15, 0.2) is 36.4 Å². The van der Waals surface area contributed by atoms with Crippen LogP contribution in [0.2, 0.25) is 0 Å². The van der Waals surface area contributed by atoms with Crippen LogP contribution in [0.1, 0.15) is 101 Å². The minimum atomic E-state index is -0.573. The SMILES string of the molecule is COC(=O)c1ccc(N2CCC(CC(OC)OC)CC2)cc1C=O.COC(CC1CCN(c2ccc3c(c2)CN(C2CCC(=O)NC2=O)C3=O)CC1)OC.NC1CCC(=O)NC1=O. The fraction of sp³-hybridized carbons (Fsp3) is 0.578. The van der Waals surface area contributed by atoms with E-state index in [2.05, 4.69) is 26.5 Å². The lowest BCUT2D eigenvalue weighted by molar-refractivity contribution is -0.137. The predicted molar refractivity (Wildman–Crippen MR) is 231 cm³/mol. The lowest BCUT2D eigenvalue weighted by Crippen LogP contribution is -2.52. The summed E-state index contributed by atoms with van der Waals surface area (Å²) >= 11 is 0. The number of benzene rings is 2. The molecule has 5 heterocycles. The van der Waals surface area contributed by atoms with Gasteiger partial charge in [-0.3, -0.25) is 39.4 Å². The largest absolute Gasteiger partial charge is 0.465 e. The maximum absolute atomic E-state index is 12.8. The Bertz CT molecular complexity index is 1940. The Kier molecular flexibility index (Phi) is 18.1. The molecular formula is C45H62N6O12. The molecule has 63 heavy (non-hydrogen) atoms. The zero-order valence-electron chi connectivity index (χ0n) is 36.9. The van der Waals surface area contributed by atoms with Gasteiger partial charge in [0.15, 0.2) is 18.9 Å². The molecule has 0 saturated carbocycles. The number of nitrogens with one attached hydrogen (secondary N) is 2. The Morgan fingerprint density at radius 1 is 0.714 bits per heavy atom. The molecule has 0 aliphatic carbocycles. The third-order valence-electron chi connectivity index (χ3n) is 12.4. The number of carbonyl (C=O) groups is 7. The summed E-state index contributed by atoms with van der Waals surface area (Å²) in [5.41, 5.74) is 9.61. The maximum Gasteiger partial charge on any atom is 0.338 e. The summed E-state index contributed by atoms with van der Waals surface area (Å²) in [4.78, 5) is 86.5. The minimum Gasteiger partial charge on any atom is -0.465 e. The second-order valence-corrected chi connectivity index (χ2v) is 16.3. The van der Waals surface area contributed by atoms with E-state index < -0.39 is 18.1 Å². The van der Waals surface area contributed by atoms with Crippen molar-refractivity contribution in [3.63, 3.8) is 0 Å². The number of piperidine rings is 4. The molecule has 5 amide bonds. The first-order valence-corrected chi connectivity index (χ1v) is 21.5. The zero-order valence-corrected chi connectivity index (χ0v) is 36.9. The highest BCUT2D eigenvalue weighted by atomic mass is 16.7. The lowest BCUT2D eigenvalue weighted by Gasteiger charge is -2.34. The first-order valence-electron chi connectivity index (χ1n) is 21.5. The summed E-state index contributed by atoms with van der Waals surface area (Å²) in [5, 5.41) is 4.47. The summed E-state index contributed by atoms with van der Waals surface area (Å²) in [6, 6.07) is 10.2. The van der Waals surface area contributed by atoms with E-state index >= 15 is 0 Å². The van der Waals surface area contributed by atoms with E-state index in [0.717, 1.165) is 81.6 Å². The number of hydrogen-bond acceptors (Lipinski definition) is 15. The summed E-state index contributed by atoms with van der Waals surface area (Å²) in [7, 11) is 7.98. The highest BCUT2D eigenvalue weighted by molar-refractivity contribution is 6.05. The Labute approximate surface area is 368 Å². The number of nitrogens with zero attached hydrogens (tertiary/aromatic N) is 3. The molecule has 4 N–H and O–H groups in total. The molecule has 18 nitrogen and oxygen atoms in total. The molecule has 7 rings (SSSR count). The van der Waals surface area contributed by atoms with Crippen molar-refractivity contribution >= 4 is 53.2 Å². The van der Waals surface area contributed by atoms with Gasteiger partial charge in [0.25, 0.3) is 5.91 Å². The zero-order chi connectivity index (χ0) is 45.6. The van der Waals surface area contributed by atoms with Crippen molar-refractivity contribution in [2.75, 3.05) is 71.5 Å². The molecule has 0 radical (unpaired) electrons. The van der Waals surface area contributed by atoms with Crippen LogP contribution < -0.4 is 26.2 Å². The van der Waals surface area contributed by atoms with Gasteiger partial charge in [0.2, 0.25) is 23.6 Å². The number of anilines is 2. The van der Waals surface area contributed by atoms with Gasteiger partial charge in [-0.05, 0) is 92.3 Å². The third-order valence-corrected chi connectivity index (χ3v) is 12.4. The van der Waals surface area contributed by atoms with Crippen molar-refractivity contribution in [3.05, 3.63) is 58.7 Å². The summed E-state index contributed by atoms with van der Waals surface area (Å²) < 4.78 is 25.9. The Morgan fingerprint density at radius 2 is 1.22 bits per heavy atom. The average Bonchev–Trinajstić information content (AvgIpc) is 3.63. The molecule has 2 aromatic rings. The van der Waals surface area contributed by atoms with Gasteiger partial charge in [-0.25, -0.2) is 4.79 Å². The molecule has 5 aliphatic heterocycles. The number of rotatable bonds is 13. The van der Waals surface area contributed by atoms with Gasteiger partial charge in [-0.2, -0.15) is 0 Å². The van der Waals surface area contributed by atoms with Crippen LogP contribution in [-0.4, -0.2) is 133 Å². The van der Waals surface area contributed by atoms with E-state index in [1.165, 1.54) is 7.11 Å². The second kappa shape index (κ2) is 23.4. The normalized spacial score (nSPS) is 20.7. The first-order chi connectivity index (χ1) is 30.3. The molecule has 18 heteroatoms. The monoisotopic (exact) mass is 878 g/mol. The molecule has 4 fully saturated rings. The van der Waals surface area contributed by atoms with Crippen LogP contribution in [0, 0.1) is 11.8 Å². The predicted octanol–water partition coefficient (Wildman–Crippen LogP) is 2.93. The van der Waals surface area contributed by atoms with Crippen LogP contribution in [-0.2, 0) is 49.4 Å². The quantitative estimate of drug-likeness (QED) is 0.114. The van der Waals surface area contributed by atoms with Crippen LogP contribution in [0.25, 0.3) is 0 Å². The van der Waals surface area contributed by atoms with Crippen molar-refractivity contribution in [1.82, 2.24) is 15.5 Å². The summed E-state index contributed by atoms with van der Waals surface area (Å²) in [6.45, 7) is 4.12. The summed E-state index contributed by atoms with van der Waals surface area (Å²) in [5.74, 6) is -0.708. The first kappa shape index (κ1) is 48.8. The molecule has 2 aromatic carbocycles. The van der Waals surface area contributed by atoms with Gasteiger partial charge in [-0.15, -0.1) is 0 Å². The fourth-order valence-electron chi connectivity index (χ4n) is 8.58. The standard InChI is InChI=1S/C22H29N3O5.C18H25NO5.C5H8N2O2/c1-29-20(30-2)11-14-7-9-24(10-8-14)16-3-4-17-15(12-16)13-25(22(17)28)18-5-6-19(26)23-21(18)27;1-22-17(23-2)10-13-6-8-19(9-7-13)15-4-5-16(18(21)24-3)14(11-15)12-20;6-3-1-2-4(8)7-5(3)9/h3-4,12,14,18,20H,5-11,13H2,1-2H3,(H,23,26,27);4-5,11-13,17H,6-10H2,1-3H3;3H,1-2,6H2,(H,7,8,9). The Hall–Kier alpha value is -5.27. The van der Waals surface area contributed by atoms with Gasteiger partial charge in [0.05, 0.1) is 18.7 Å². The number of ether oxygens (including phenoxy) is 5. The Balaban J connectivity index is 0.000000202. The van der Waals surface area contributed by atoms with Crippen molar-refractivity contribution in [1.29, 1.82) is 0 Å². The number of aldehydes is 1. The highest BCUT2D eigenvalue weighted by Crippen LogP contribution is 2.33. The second-order valence-electron chi connectivity index (χ2n) is 16.3. The van der Waals surface area contributed by atoms with Crippen molar-refractivity contribution in [3.8, 4) is 0 Å². The van der Waals surface area contributed by atoms with Crippen LogP contribution >= 0.6 is 0 Å². The molecule has 4 saturated heterocycles. The minimum absolute atomic E-state index is 0.130. The van der Waals surface area contributed by atoms with Gasteiger partial charge >= 0.3 is 5.97 Å². The van der Waals surface area contributed by atoms with Gasteiger partial charge < -0.3 is 44.1 Å². The van der Waals surface area contributed by atoms with Crippen LogP contribution in [0.3, 0.4) is 0 Å². The molecule has 2 unspecified atom stereocenters. The molecule has 0 aromatic heterocycles. The van der Waals surface area contributed by atoms with E-state index in [4.69, 9.17) is 29.4 Å². The van der Waals surface area contributed by atoms with Crippen molar-refractivity contribution < 1.29 is 57.2 Å². The topological polar surface area (TPSA) is 225 Å². The van der Waals surface area contributed by atoms with E-state index in [-0.39, 0.29) is 48.5 Å². The number of fused-ring (bicyclic) bond motifs is 1. The number of amides is 5. The molecular weight excluding hydrogens is 817 g/mol. The number of nitrogens with two attached hydrogens (primary N) is 1. The maximum atomic E-state index is 12.8. The number of hydrogen-bond donors (Lipinski definition) is 3. The molecule has 2 atom stereocenters. The number of carbonyl (C=O) groups excluding carboxylic acids is 7. The third kappa shape index (κ3) is 12.9. The Morgan fingerprint density at radius 3 is 1.70 bits per heavy atom. The molecule has 5 aliphatic rings. The van der Waals surface area contributed by atoms with Crippen molar-refractivity contribution in [2.24, 2.45) is 17.6 Å². The van der Waals surface area contributed by atoms with E-state index in [0.29, 0.717) is 60.6 Å². The van der Waals surface area contributed by atoms with E-state index in [1.54, 1.807) is 45.5 Å². The fourth-order valence-corrected chi connectivity index (χ4v) is 8.58. The smallest absolute Gasteiger partial charge is 0.338 e. The lowest BCUT2D eigenvalue weighted by atomic mass is 9.92. The van der Waals surface area contributed by atoms with Crippen LogP contribution in [0.5, 0.6) is 0 Å². The van der Waals surface area contributed by atoms with Gasteiger partial charge in [0.1, 0.15) is 6.04 Å². The van der Waals surface area contributed by atoms with E-state index in [1.807, 2.05) is 18.2 Å². The van der Waals surface area contributed by atoms with Gasteiger partial charge in [0, 0.05) is 109 Å². The van der Waals surface area contributed by atoms with Gasteiger partial charge in [-0.1, -0.05) is 0 Å². The number of imide groups is 2. The molecule has 0 bridgehead atoms. The summed E-state index contributed by atoms with van der Waals surface area (Å²) in [6.07, 6.45) is 7.91. The molecule has 0 spiro atoms. The average molecular weight is 879 g/mol.